The van der Waals surface area contributed by atoms with Crippen LogP contribution in [0.1, 0.15) is 37.7 Å². The summed E-state index contributed by atoms with van der Waals surface area (Å²) in [4.78, 5) is 10.7. The van der Waals surface area contributed by atoms with Gasteiger partial charge in [-0.1, -0.05) is 33.0 Å². The molecule has 1 aromatic carbocycles. The van der Waals surface area contributed by atoms with Crippen LogP contribution < -0.4 is 15.0 Å². The number of hydrogen-bond acceptors (Lipinski definition) is 5. The van der Waals surface area contributed by atoms with E-state index in [9.17, 15) is 15.2 Å². The number of aromatic nitrogens is 1. The average molecular weight is 438 g/mol. The number of rotatable bonds is 6. The predicted molar refractivity (Wildman–Crippen MR) is 120 cm³/mol. The number of nitro benzene ring substituents is 1. The molecule has 160 valence electrons. The molecule has 0 aliphatic carbocycles. The zero-order valence-corrected chi connectivity index (χ0v) is 18.3. The molecule has 8 heteroatoms. The first kappa shape index (κ1) is 22.2. The summed E-state index contributed by atoms with van der Waals surface area (Å²) in [6.07, 6.45) is 5.15. The highest BCUT2D eigenvalue weighted by Gasteiger charge is 2.21. The maximum atomic E-state index is 13.3. The summed E-state index contributed by atoms with van der Waals surface area (Å²) in [5.41, 5.74) is 1.53. The van der Waals surface area contributed by atoms with Crippen molar-refractivity contribution in [1.82, 2.24) is 5.32 Å². The van der Waals surface area contributed by atoms with E-state index < -0.39 is 4.92 Å². The second-order valence-electron chi connectivity index (χ2n) is 7.99. The molecule has 7 nitrogen and oxygen atoms in total. The first-order chi connectivity index (χ1) is 14.7. The molecule has 0 bridgehead atoms. The van der Waals surface area contributed by atoms with Crippen LogP contribution in [0.4, 0.5) is 5.69 Å². The number of thiocarbonyl (C=S) groups is 1. The van der Waals surface area contributed by atoms with E-state index in [1.165, 1.54) is 24.3 Å². The van der Waals surface area contributed by atoms with Crippen molar-refractivity contribution in [3.63, 3.8) is 0 Å². The van der Waals surface area contributed by atoms with Crippen LogP contribution in [0.5, 0.6) is 0 Å². The molecule has 0 saturated heterocycles. The molecule has 0 aliphatic heterocycles. The van der Waals surface area contributed by atoms with Crippen LogP contribution in [-0.4, -0.2) is 9.91 Å². The van der Waals surface area contributed by atoms with Crippen LogP contribution in [0.2, 0.25) is 0 Å². The summed E-state index contributed by atoms with van der Waals surface area (Å²) in [6.45, 7) is 6.64. The molecule has 3 rings (SSSR count). The summed E-state index contributed by atoms with van der Waals surface area (Å²) in [5, 5.41) is 27.3. The van der Waals surface area contributed by atoms with Gasteiger partial charge >= 0.3 is 0 Å². The second-order valence-corrected chi connectivity index (χ2v) is 8.40. The van der Waals surface area contributed by atoms with E-state index >= 15 is 0 Å². The minimum atomic E-state index is -0.506. The Hall–Kier alpha value is -3.52. The van der Waals surface area contributed by atoms with Gasteiger partial charge in [-0.25, -0.2) is 0 Å². The first-order valence-electron chi connectivity index (χ1n) is 9.65. The molecule has 0 unspecified atom stereocenters. The lowest BCUT2D eigenvalue weighted by molar-refractivity contribution is -0.578. The average Bonchev–Trinajstić information content (AvgIpc) is 3.26. The maximum absolute atomic E-state index is 13.3. The molecule has 3 aromatic rings. The highest BCUT2D eigenvalue weighted by Crippen LogP contribution is 2.22. The number of non-ortho nitro benzene ring substituents is 1. The van der Waals surface area contributed by atoms with E-state index in [1.807, 2.05) is 12.1 Å². The number of benzene rings is 1. The van der Waals surface area contributed by atoms with E-state index in [0.717, 1.165) is 5.56 Å². The fourth-order valence-electron chi connectivity index (χ4n) is 2.95. The lowest BCUT2D eigenvalue weighted by Gasteiger charge is -2.19. The van der Waals surface area contributed by atoms with Gasteiger partial charge in [-0.2, -0.15) is 4.57 Å². The van der Waals surface area contributed by atoms with Crippen molar-refractivity contribution in [2.24, 2.45) is 0 Å². The van der Waals surface area contributed by atoms with Gasteiger partial charge in [0.15, 0.2) is 17.4 Å². The molecular weight excluding hydrogens is 414 g/mol. The van der Waals surface area contributed by atoms with E-state index in [2.05, 4.69) is 26.1 Å². The largest absolute Gasteiger partial charge is 0.867 e. The van der Waals surface area contributed by atoms with Crippen molar-refractivity contribution in [2.75, 3.05) is 0 Å². The number of pyridine rings is 1. The summed E-state index contributed by atoms with van der Waals surface area (Å²) < 4.78 is 6.98. The summed E-state index contributed by atoms with van der Waals surface area (Å²) in [5.74, 6) is 0.331. The van der Waals surface area contributed by atoms with Crippen molar-refractivity contribution in [2.45, 2.75) is 32.7 Å². The van der Waals surface area contributed by atoms with Crippen LogP contribution in [0.15, 0.2) is 71.6 Å². The van der Waals surface area contributed by atoms with Gasteiger partial charge in [0.2, 0.25) is 5.70 Å². The third-order valence-corrected chi connectivity index (χ3v) is 5.07. The summed E-state index contributed by atoms with van der Waals surface area (Å²) >= 11 is 5.54. The normalized spacial score (nSPS) is 12.2. The lowest BCUT2D eigenvalue weighted by Crippen LogP contribution is -2.42. The Labute approximate surface area is 185 Å². The fourth-order valence-corrected chi connectivity index (χ4v) is 3.22. The standard InChI is InChI=1S/C23H23N3O4S/c1-23(2,3)17-10-12-25(13-11-17)20(22(31)24-15-19-5-4-14-30-19)21(27)16-6-8-18(9-7-16)26(28)29/h4-14H,15H2,1-3H3,(H-,24,27,31). The molecule has 2 heterocycles. The quantitative estimate of drug-likeness (QED) is 0.158. The van der Waals surface area contributed by atoms with E-state index in [4.69, 9.17) is 16.6 Å². The van der Waals surface area contributed by atoms with Gasteiger partial charge in [0.25, 0.3) is 5.69 Å². The minimum absolute atomic E-state index is 0.0420. The number of nitrogens with zero attached hydrogens (tertiary/aromatic N) is 2. The van der Waals surface area contributed by atoms with Crippen molar-refractivity contribution in [3.05, 3.63) is 94.2 Å². The molecule has 0 atom stereocenters. The van der Waals surface area contributed by atoms with Crippen LogP contribution in [0.25, 0.3) is 11.5 Å². The van der Waals surface area contributed by atoms with Crippen LogP contribution in [0, 0.1) is 10.1 Å². The van der Waals surface area contributed by atoms with E-state index in [1.54, 1.807) is 35.4 Å². The molecule has 0 fully saturated rings. The fraction of sp³-hybridized carbons (Fsp3) is 0.217. The Morgan fingerprint density at radius 3 is 2.29 bits per heavy atom. The molecule has 0 radical (unpaired) electrons. The number of furan rings is 1. The van der Waals surface area contributed by atoms with E-state index in [0.29, 0.717) is 17.9 Å². The van der Waals surface area contributed by atoms with Gasteiger partial charge in [0.1, 0.15) is 5.76 Å². The predicted octanol–water partition coefficient (Wildman–Crippen LogP) is 3.58. The minimum Gasteiger partial charge on any atom is -0.867 e. The van der Waals surface area contributed by atoms with Gasteiger partial charge in [-0.15, -0.1) is 0 Å². The van der Waals surface area contributed by atoms with Gasteiger partial charge in [0.05, 0.1) is 17.7 Å². The molecule has 0 amide bonds. The van der Waals surface area contributed by atoms with Crippen molar-refractivity contribution >= 4 is 34.3 Å². The van der Waals surface area contributed by atoms with Crippen molar-refractivity contribution < 1.29 is 19.0 Å². The smallest absolute Gasteiger partial charge is 0.269 e. The molecule has 0 spiro atoms. The number of nitro groups is 1. The SMILES string of the molecule is CC(C)(C)c1cc[n+](/C(C(=S)NCc2ccco2)=C(/[O-])c2ccc([N+](=O)[O-])cc2)cc1. The zero-order chi connectivity index (χ0) is 22.6. The van der Waals surface area contributed by atoms with Crippen molar-refractivity contribution in [3.8, 4) is 0 Å². The van der Waals surface area contributed by atoms with Gasteiger partial charge in [-0.3, -0.25) is 10.1 Å². The summed E-state index contributed by atoms with van der Waals surface area (Å²) in [7, 11) is 0. The van der Waals surface area contributed by atoms with Gasteiger partial charge in [-0.05, 0) is 46.6 Å². The number of nitrogens with one attached hydrogen (secondary N) is 1. The summed E-state index contributed by atoms with van der Waals surface area (Å²) in [6, 6.07) is 12.9. The monoisotopic (exact) mass is 437 g/mol. The maximum Gasteiger partial charge on any atom is 0.269 e. The van der Waals surface area contributed by atoms with Gasteiger partial charge in [0, 0.05) is 24.3 Å². The Bertz CT molecular complexity index is 1100. The van der Waals surface area contributed by atoms with Crippen LogP contribution in [0.3, 0.4) is 0 Å². The highest BCUT2D eigenvalue weighted by molar-refractivity contribution is 7.81. The lowest BCUT2D eigenvalue weighted by atomic mass is 9.88. The third-order valence-electron chi connectivity index (χ3n) is 4.73. The molecule has 2 aromatic heterocycles. The van der Waals surface area contributed by atoms with Crippen molar-refractivity contribution in [1.29, 1.82) is 0 Å². The van der Waals surface area contributed by atoms with Crippen LogP contribution in [-0.2, 0) is 12.0 Å². The topological polar surface area (TPSA) is 95.2 Å². The second kappa shape index (κ2) is 9.09. The third kappa shape index (κ3) is 5.35. The van der Waals surface area contributed by atoms with Gasteiger partial charge < -0.3 is 14.8 Å². The molecular formula is C23H23N3O4S. The Kier molecular flexibility index (Phi) is 6.50. The molecule has 0 saturated carbocycles. The first-order valence-corrected chi connectivity index (χ1v) is 10.1. The Morgan fingerprint density at radius 2 is 1.77 bits per heavy atom. The molecule has 31 heavy (non-hydrogen) atoms. The highest BCUT2D eigenvalue weighted by atomic mass is 32.1. The Morgan fingerprint density at radius 1 is 1.13 bits per heavy atom. The molecule has 1 N–H and O–H groups in total. The Balaban J connectivity index is 2.01. The molecule has 0 aliphatic rings. The zero-order valence-electron chi connectivity index (χ0n) is 17.5. The van der Waals surface area contributed by atoms with E-state index in [-0.39, 0.29) is 27.5 Å². The number of hydrogen-bond donors (Lipinski definition) is 1. The van der Waals surface area contributed by atoms with Crippen LogP contribution >= 0.6 is 12.2 Å².